The number of morpholine rings is 1. The summed E-state index contributed by atoms with van der Waals surface area (Å²) in [5, 5.41) is 10.4. The number of rotatable bonds is 8. The highest BCUT2D eigenvalue weighted by Gasteiger charge is 2.24. The molecule has 11 heteroatoms. The van der Waals surface area contributed by atoms with E-state index in [1.165, 1.54) is 6.21 Å². The third kappa shape index (κ3) is 5.37. The normalized spacial score (nSPS) is 14.5. The van der Waals surface area contributed by atoms with E-state index in [1.54, 1.807) is 4.90 Å². The summed E-state index contributed by atoms with van der Waals surface area (Å²) in [5.41, 5.74) is 1.01. The molecule has 1 N–H and O–H groups in total. The van der Waals surface area contributed by atoms with Crippen LogP contribution in [0.2, 0.25) is 0 Å². The molecule has 156 valence electrons. The van der Waals surface area contributed by atoms with Crippen molar-refractivity contribution in [2.45, 2.75) is 0 Å². The molecule has 2 heterocycles. The van der Waals surface area contributed by atoms with Crippen molar-refractivity contribution in [2.24, 2.45) is 5.10 Å². The number of halogens is 2. The molecule has 1 saturated heterocycles. The Bertz CT molecular complexity index is 884. The van der Waals surface area contributed by atoms with Crippen LogP contribution >= 0.6 is 23.2 Å². The molecule has 0 saturated carbocycles. The number of benzene rings is 1. The van der Waals surface area contributed by atoms with Gasteiger partial charge in [-0.05, 0) is 17.7 Å². The molecule has 9 nitrogen and oxygen atoms in total. The number of nitrogens with zero attached hydrogens (tertiary/aromatic N) is 5. The molecule has 0 unspecified atom stereocenters. The Hall–Kier alpha value is -2.36. The second-order valence-corrected chi connectivity index (χ2v) is 7.04. The van der Waals surface area contributed by atoms with E-state index >= 15 is 0 Å². The van der Waals surface area contributed by atoms with E-state index in [1.807, 2.05) is 24.3 Å². The zero-order valence-corrected chi connectivity index (χ0v) is 17.3. The van der Waals surface area contributed by atoms with Crippen molar-refractivity contribution in [1.82, 2.24) is 20.0 Å². The fourth-order valence-corrected chi connectivity index (χ4v) is 3.30. The van der Waals surface area contributed by atoms with E-state index in [0.29, 0.717) is 51.2 Å². The van der Waals surface area contributed by atoms with Gasteiger partial charge in [-0.25, -0.2) is 0 Å². The molecule has 1 aromatic heterocycles. The monoisotopic (exact) mass is 440 g/mol. The summed E-state index contributed by atoms with van der Waals surface area (Å²) in [4.78, 5) is 29.4. The molecule has 1 aliphatic heterocycles. The number of anilines is 1. The third-order valence-corrected chi connectivity index (χ3v) is 4.78. The minimum absolute atomic E-state index is 0.183. The average molecular weight is 441 g/mol. The van der Waals surface area contributed by atoms with Gasteiger partial charge in [-0.1, -0.05) is 12.1 Å². The molecule has 1 aromatic carbocycles. The first kappa shape index (κ1) is 21.4. The maximum absolute atomic E-state index is 12.4. The molecule has 0 spiro atoms. The standard InChI is InChI=1S/C18H22Cl2N6O3/c19-5-7-24(8-6-20)15-3-1-14(2-4-15)13-21-26-18(28)16(22-23-26)17(27)25-9-11-29-12-10-25/h1-4,13,23H,5-12H2. The third-order valence-electron chi connectivity index (χ3n) is 4.44. The van der Waals surface area contributed by atoms with E-state index in [4.69, 9.17) is 27.9 Å². The van der Waals surface area contributed by atoms with Crippen LogP contribution in [-0.4, -0.2) is 83.3 Å². The van der Waals surface area contributed by atoms with Crippen molar-refractivity contribution in [1.29, 1.82) is 0 Å². The van der Waals surface area contributed by atoms with E-state index in [0.717, 1.165) is 16.0 Å². The highest BCUT2D eigenvalue weighted by Crippen LogP contribution is 2.15. The molecular formula is C18H22Cl2N6O3. The van der Waals surface area contributed by atoms with Gasteiger partial charge in [0, 0.05) is 43.6 Å². The van der Waals surface area contributed by atoms with Crippen molar-refractivity contribution < 1.29 is 9.53 Å². The molecular weight excluding hydrogens is 419 g/mol. The number of nitrogens with one attached hydrogen (secondary N) is 1. The topological polar surface area (TPSA) is 95.8 Å². The molecule has 29 heavy (non-hydrogen) atoms. The quantitative estimate of drug-likeness (QED) is 0.491. The van der Waals surface area contributed by atoms with Crippen LogP contribution in [-0.2, 0) is 4.74 Å². The van der Waals surface area contributed by atoms with E-state index in [9.17, 15) is 9.59 Å². The van der Waals surface area contributed by atoms with Gasteiger partial charge in [0.15, 0.2) is 0 Å². The molecule has 3 rings (SSSR count). The van der Waals surface area contributed by atoms with Crippen LogP contribution in [0.15, 0.2) is 34.2 Å². The van der Waals surface area contributed by atoms with Crippen molar-refractivity contribution in [2.75, 3.05) is 56.1 Å². The summed E-state index contributed by atoms with van der Waals surface area (Å²) in [6.45, 7) is 3.17. The number of aromatic amines is 1. The molecule has 0 radical (unpaired) electrons. The number of aromatic nitrogens is 3. The van der Waals surface area contributed by atoms with E-state index in [-0.39, 0.29) is 5.69 Å². The second-order valence-electron chi connectivity index (χ2n) is 6.28. The van der Waals surface area contributed by atoms with Crippen LogP contribution in [0, 0.1) is 0 Å². The summed E-state index contributed by atoms with van der Waals surface area (Å²) < 4.78 is 5.21. The zero-order chi connectivity index (χ0) is 20.6. The van der Waals surface area contributed by atoms with Crippen molar-refractivity contribution in [3.63, 3.8) is 0 Å². The van der Waals surface area contributed by atoms with E-state index < -0.39 is 11.5 Å². The number of carbonyl (C=O) groups is 1. The number of ether oxygens (including phenoxy) is 1. The van der Waals surface area contributed by atoms with Crippen molar-refractivity contribution >= 4 is 41.0 Å². The summed E-state index contributed by atoms with van der Waals surface area (Å²) in [6.07, 6.45) is 1.51. The van der Waals surface area contributed by atoms with Gasteiger partial charge < -0.3 is 14.5 Å². The maximum atomic E-state index is 12.4. The highest BCUT2D eigenvalue weighted by molar-refractivity contribution is 6.18. The summed E-state index contributed by atoms with van der Waals surface area (Å²) >= 11 is 11.7. The van der Waals surface area contributed by atoms with Gasteiger partial charge in [-0.3, -0.25) is 9.59 Å². The molecule has 1 aliphatic rings. The molecule has 0 bridgehead atoms. The first-order valence-corrected chi connectivity index (χ1v) is 10.3. The Balaban J connectivity index is 1.69. The van der Waals surface area contributed by atoms with Gasteiger partial charge in [0.2, 0.25) is 5.69 Å². The largest absolute Gasteiger partial charge is 0.378 e. The second kappa shape index (κ2) is 10.4. The van der Waals surface area contributed by atoms with Crippen molar-refractivity contribution in [3.05, 3.63) is 45.9 Å². The predicted molar refractivity (Wildman–Crippen MR) is 113 cm³/mol. The smallest absolute Gasteiger partial charge is 0.320 e. The number of hydrogen-bond acceptors (Lipinski definition) is 6. The Morgan fingerprint density at radius 1 is 1.21 bits per heavy atom. The SMILES string of the molecule is O=C(c1n[nH]n(N=Cc2ccc(N(CCCl)CCCl)cc2)c1=O)N1CCOCC1. The first-order chi connectivity index (χ1) is 14.1. The number of carbonyl (C=O) groups excluding carboxylic acids is 1. The lowest BCUT2D eigenvalue weighted by atomic mass is 10.2. The fourth-order valence-electron chi connectivity index (χ4n) is 2.89. The summed E-state index contributed by atoms with van der Waals surface area (Å²) in [6, 6.07) is 7.61. The fraction of sp³-hybridized carbons (Fsp3) is 0.444. The molecule has 1 fully saturated rings. The Labute approximate surface area is 177 Å². The highest BCUT2D eigenvalue weighted by atomic mass is 35.5. The summed E-state index contributed by atoms with van der Waals surface area (Å²) in [5.74, 6) is 0.592. The average Bonchev–Trinajstić information content (AvgIpc) is 3.13. The van der Waals surface area contributed by atoms with Crippen LogP contribution < -0.4 is 10.5 Å². The lowest BCUT2D eigenvalue weighted by molar-refractivity contribution is 0.0298. The molecule has 2 aromatic rings. The Morgan fingerprint density at radius 2 is 1.86 bits per heavy atom. The van der Waals surface area contributed by atoms with Gasteiger partial charge >= 0.3 is 5.56 Å². The maximum Gasteiger partial charge on any atom is 0.320 e. The van der Waals surface area contributed by atoms with E-state index in [2.05, 4.69) is 20.3 Å². The lowest BCUT2D eigenvalue weighted by Gasteiger charge is -2.25. The number of hydrogen-bond donors (Lipinski definition) is 1. The Kier molecular flexibility index (Phi) is 7.68. The minimum atomic E-state index is -0.593. The van der Waals surface area contributed by atoms with Crippen LogP contribution in [0.5, 0.6) is 0 Å². The zero-order valence-electron chi connectivity index (χ0n) is 15.8. The first-order valence-electron chi connectivity index (χ1n) is 9.19. The number of amides is 1. The van der Waals surface area contributed by atoms with Crippen LogP contribution in [0.4, 0.5) is 5.69 Å². The minimum Gasteiger partial charge on any atom is -0.378 e. The van der Waals surface area contributed by atoms with Gasteiger partial charge in [-0.2, -0.15) is 10.3 Å². The van der Waals surface area contributed by atoms with Gasteiger partial charge in [0.1, 0.15) is 0 Å². The van der Waals surface area contributed by atoms with Gasteiger partial charge in [-0.15, -0.1) is 33.1 Å². The van der Waals surface area contributed by atoms with Gasteiger partial charge in [0.05, 0.1) is 19.4 Å². The molecule has 0 aliphatic carbocycles. The Morgan fingerprint density at radius 3 is 2.48 bits per heavy atom. The van der Waals surface area contributed by atoms with Gasteiger partial charge in [0.25, 0.3) is 5.91 Å². The number of H-pyrrole nitrogens is 1. The summed E-state index contributed by atoms with van der Waals surface area (Å²) in [7, 11) is 0. The van der Waals surface area contributed by atoms with Crippen LogP contribution in [0.3, 0.4) is 0 Å². The van der Waals surface area contributed by atoms with Crippen LogP contribution in [0.25, 0.3) is 0 Å². The molecule has 1 amide bonds. The lowest BCUT2D eigenvalue weighted by Crippen LogP contribution is -2.42. The number of alkyl halides is 2. The van der Waals surface area contributed by atoms with Crippen molar-refractivity contribution in [3.8, 4) is 0 Å². The predicted octanol–water partition coefficient (Wildman–Crippen LogP) is 1.21. The molecule has 0 atom stereocenters. The van der Waals surface area contributed by atoms with Crippen LogP contribution in [0.1, 0.15) is 16.1 Å².